The molecule has 0 N–H and O–H groups in total. The van der Waals surface area contributed by atoms with Gasteiger partial charge in [0.2, 0.25) is 0 Å². The van der Waals surface area contributed by atoms with Crippen LogP contribution < -0.4 is 0 Å². The van der Waals surface area contributed by atoms with Crippen molar-refractivity contribution in [1.29, 1.82) is 0 Å². The zero-order valence-electron chi connectivity index (χ0n) is 4.11. The average molecular weight is 171 g/mol. The van der Waals surface area contributed by atoms with Crippen LogP contribution in [0.5, 0.6) is 0 Å². The van der Waals surface area contributed by atoms with Crippen molar-refractivity contribution in [2.24, 2.45) is 0 Å². The molecule has 0 aliphatic rings. The van der Waals surface area contributed by atoms with Crippen molar-refractivity contribution < 1.29 is 9.53 Å². The summed E-state index contributed by atoms with van der Waals surface area (Å²) in [5, 5.41) is 0.292. The summed E-state index contributed by atoms with van der Waals surface area (Å²) in [6.07, 6.45) is 0. The highest BCUT2D eigenvalue weighted by Gasteiger charge is 1.92. The van der Waals surface area contributed by atoms with Gasteiger partial charge in [0, 0.05) is 0 Å². The number of halogens is 1. The van der Waals surface area contributed by atoms with Crippen LogP contribution in [-0.4, -0.2) is 17.9 Å². The summed E-state index contributed by atoms with van der Waals surface area (Å²) < 4.78 is 4.51. The first-order valence-electron chi connectivity index (χ1n) is 2.02. The molecule has 3 heteroatoms. The SMILES string of the molecule is CCO[14C](=O)[14CH2]Br. The first-order chi connectivity index (χ1) is 3.31. The summed E-state index contributed by atoms with van der Waals surface area (Å²) in [5.41, 5.74) is 0. The van der Waals surface area contributed by atoms with Gasteiger partial charge in [-0.05, 0) is 6.92 Å². The predicted molar refractivity (Wildman–Crippen MR) is 30.4 cm³/mol. The smallest absolute Gasteiger partial charge is 0.316 e. The molecule has 0 amide bonds. The number of carbonyl (C=O) groups is 1. The van der Waals surface area contributed by atoms with Gasteiger partial charge in [0.15, 0.2) is 0 Å². The zero-order chi connectivity index (χ0) is 5.70. The van der Waals surface area contributed by atoms with Crippen molar-refractivity contribution >= 4 is 21.9 Å². The molecule has 0 unspecified atom stereocenters. The number of hydrogen-bond donors (Lipinski definition) is 0. The molecule has 2 nitrogen and oxygen atoms in total. The van der Waals surface area contributed by atoms with Crippen molar-refractivity contribution in [3.63, 3.8) is 0 Å². The maximum atomic E-state index is 10.1. The summed E-state index contributed by atoms with van der Waals surface area (Å²) in [4.78, 5) is 10.1. The lowest BCUT2D eigenvalue weighted by Gasteiger charge is -1.92. The molecule has 0 saturated carbocycles. The van der Waals surface area contributed by atoms with E-state index < -0.39 is 0 Å². The summed E-state index contributed by atoms with van der Waals surface area (Å²) in [6.45, 7) is 2.24. The van der Waals surface area contributed by atoms with Crippen molar-refractivity contribution in [3.8, 4) is 0 Å². The first kappa shape index (κ1) is 6.95. The second kappa shape index (κ2) is 4.12. The Morgan fingerprint density at radius 2 is 2.57 bits per heavy atom. The van der Waals surface area contributed by atoms with Gasteiger partial charge in [-0.15, -0.1) is 0 Å². The highest BCUT2D eigenvalue weighted by atomic mass is 79.9. The van der Waals surface area contributed by atoms with Crippen LogP contribution in [0.25, 0.3) is 0 Å². The van der Waals surface area contributed by atoms with E-state index in [1.165, 1.54) is 0 Å². The molecule has 0 saturated heterocycles. The third-order valence-electron chi connectivity index (χ3n) is 0.414. The Labute approximate surface area is 51.0 Å². The lowest BCUT2D eigenvalue weighted by molar-refractivity contribution is -0.139. The number of ether oxygens (including phenoxy) is 1. The molecule has 7 heavy (non-hydrogen) atoms. The third-order valence-corrected chi connectivity index (χ3v) is 0.872. The standard InChI is InChI=1S/C4H7BrO2/c1-2-7-4(6)3-5/h2-3H2,1H3/i3+2,4+2. The lowest BCUT2D eigenvalue weighted by atomic mass is 10.9. The minimum atomic E-state index is -0.206. The number of carbonyl (C=O) groups excluding carboxylic acids is 1. The molecule has 0 aliphatic carbocycles. The monoisotopic (exact) mass is 170 g/mol. The zero-order valence-corrected chi connectivity index (χ0v) is 5.69. The molecular weight excluding hydrogens is 164 g/mol. The summed E-state index contributed by atoms with van der Waals surface area (Å²) >= 11 is 2.94. The van der Waals surface area contributed by atoms with Gasteiger partial charge in [0.05, 0.1) is 6.61 Å². The fourth-order valence-corrected chi connectivity index (χ4v) is 0.361. The van der Waals surface area contributed by atoms with E-state index in [1.54, 1.807) is 6.92 Å². The molecule has 0 bridgehead atoms. The minimum Gasteiger partial charge on any atom is -0.465 e. The topological polar surface area (TPSA) is 26.3 Å². The Morgan fingerprint density at radius 3 is 2.71 bits per heavy atom. The van der Waals surface area contributed by atoms with Crippen molar-refractivity contribution in [2.75, 3.05) is 11.9 Å². The molecular formula is C4H7BrO2. The van der Waals surface area contributed by atoms with E-state index in [4.69, 9.17) is 0 Å². The molecule has 0 aliphatic heterocycles. The molecule has 0 fully saturated rings. The van der Waals surface area contributed by atoms with Crippen LogP contribution >= 0.6 is 15.9 Å². The second-order valence-electron chi connectivity index (χ2n) is 0.939. The normalized spacial score (nSPS) is 8.29. The molecule has 0 heterocycles. The van der Waals surface area contributed by atoms with Crippen LogP contribution in [0.1, 0.15) is 6.92 Å². The molecule has 0 aromatic heterocycles. The number of alkyl halides is 1. The third kappa shape index (κ3) is 3.79. The first-order valence-corrected chi connectivity index (χ1v) is 3.15. The van der Waals surface area contributed by atoms with Gasteiger partial charge in [-0.2, -0.15) is 0 Å². The Hall–Kier alpha value is -0.0500. The molecule has 0 spiro atoms. The fraction of sp³-hybridized carbons (Fsp3) is 0.750. The highest BCUT2D eigenvalue weighted by molar-refractivity contribution is 9.09. The Morgan fingerprint density at radius 1 is 2.00 bits per heavy atom. The maximum Gasteiger partial charge on any atom is 0.316 e. The van der Waals surface area contributed by atoms with E-state index in [0.717, 1.165) is 0 Å². The van der Waals surface area contributed by atoms with Gasteiger partial charge < -0.3 is 4.74 Å². The van der Waals surface area contributed by atoms with Gasteiger partial charge in [-0.1, -0.05) is 15.9 Å². The van der Waals surface area contributed by atoms with E-state index in [9.17, 15) is 4.79 Å². The van der Waals surface area contributed by atoms with Crippen LogP contribution in [0.3, 0.4) is 0 Å². The minimum absolute atomic E-state index is 0.206. The van der Waals surface area contributed by atoms with Crippen molar-refractivity contribution in [2.45, 2.75) is 6.92 Å². The van der Waals surface area contributed by atoms with E-state index in [-0.39, 0.29) is 5.97 Å². The van der Waals surface area contributed by atoms with Crippen LogP contribution in [0.4, 0.5) is 0 Å². The van der Waals surface area contributed by atoms with Gasteiger partial charge >= 0.3 is 5.97 Å². The Bertz CT molecular complexity index is 62.7. The van der Waals surface area contributed by atoms with Gasteiger partial charge in [-0.25, -0.2) is 0 Å². The quantitative estimate of drug-likeness (QED) is 0.456. The van der Waals surface area contributed by atoms with Crippen molar-refractivity contribution in [1.82, 2.24) is 0 Å². The molecule has 0 rings (SSSR count). The highest BCUT2D eigenvalue weighted by Crippen LogP contribution is 1.82. The molecule has 0 aromatic carbocycles. The molecule has 0 aromatic rings. The summed E-state index contributed by atoms with van der Waals surface area (Å²) in [7, 11) is 0. The van der Waals surface area contributed by atoms with Crippen LogP contribution in [0.2, 0.25) is 0 Å². The van der Waals surface area contributed by atoms with Crippen molar-refractivity contribution in [3.05, 3.63) is 0 Å². The van der Waals surface area contributed by atoms with Gasteiger partial charge in [0.25, 0.3) is 0 Å². The van der Waals surface area contributed by atoms with Crippen LogP contribution in [0, 0.1) is 0 Å². The Kier molecular flexibility index (Phi) is 4.09. The lowest BCUT2D eigenvalue weighted by Crippen LogP contribution is -2.03. The van der Waals surface area contributed by atoms with Gasteiger partial charge in [0.1, 0.15) is 5.33 Å². The summed E-state index contributed by atoms with van der Waals surface area (Å²) in [5.74, 6) is -0.206. The number of rotatable bonds is 2. The van der Waals surface area contributed by atoms with E-state index in [0.29, 0.717) is 11.9 Å². The number of esters is 1. The van der Waals surface area contributed by atoms with Crippen LogP contribution in [0.15, 0.2) is 0 Å². The molecule has 0 atom stereocenters. The largest absolute Gasteiger partial charge is 0.465 e. The van der Waals surface area contributed by atoms with E-state index in [2.05, 4.69) is 20.7 Å². The van der Waals surface area contributed by atoms with Crippen LogP contribution in [-0.2, 0) is 9.53 Å². The van der Waals surface area contributed by atoms with Gasteiger partial charge in [-0.3, -0.25) is 4.79 Å². The second-order valence-corrected chi connectivity index (χ2v) is 1.50. The Balaban J connectivity index is 3.00. The van der Waals surface area contributed by atoms with E-state index >= 15 is 0 Å². The number of hydrogen-bond acceptors (Lipinski definition) is 2. The molecule has 0 radical (unpaired) electrons. The average Bonchev–Trinajstić information content (AvgIpc) is 1.68. The predicted octanol–water partition coefficient (Wildman–Crippen LogP) is 0.944. The van der Waals surface area contributed by atoms with E-state index in [1.807, 2.05) is 0 Å². The fourth-order valence-electron chi connectivity index (χ4n) is 0.200. The summed E-state index contributed by atoms with van der Waals surface area (Å²) in [6, 6.07) is 0. The molecule has 42 valence electrons. The maximum absolute atomic E-state index is 10.1.